The van der Waals surface area contributed by atoms with Crippen molar-refractivity contribution >= 4 is 28.3 Å². The number of fused-ring (bicyclic) bond motifs is 1. The molecule has 0 saturated carbocycles. The minimum absolute atomic E-state index is 0.0282. The predicted octanol–water partition coefficient (Wildman–Crippen LogP) is 2.21. The van der Waals surface area contributed by atoms with Gasteiger partial charge in [-0.3, -0.25) is 4.79 Å². The molecule has 1 heterocycles. The van der Waals surface area contributed by atoms with Crippen LogP contribution in [-0.2, 0) is 14.3 Å². The van der Waals surface area contributed by atoms with Gasteiger partial charge in [-0.2, -0.15) is 0 Å². The molecular weight excluding hydrogens is 320 g/mol. The molecule has 25 heavy (non-hydrogen) atoms. The lowest BCUT2D eigenvalue weighted by Crippen LogP contribution is -2.49. The summed E-state index contributed by atoms with van der Waals surface area (Å²) in [7, 11) is 0. The molecule has 0 aromatic heterocycles. The molecule has 1 amide bonds. The van der Waals surface area contributed by atoms with Gasteiger partial charge in [0.05, 0.1) is 17.8 Å². The number of ether oxygens (including phenoxy) is 2. The quantitative estimate of drug-likeness (QED) is 0.683. The standard InChI is InChI=1S/C19H22N2O4/c1-12-9-21(10-13(2)25-12)18(22)11-24-19(23)16-7-14-5-3-4-6-15(14)8-17(16)20/h3-8,12-13H,9-11,20H2,1-2H3. The van der Waals surface area contributed by atoms with Crippen LogP contribution in [0.4, 0.5) is 5.69 Å². The van der Waals surface area contributed by atoms with Crippen LogP contribution in [0.3, 0.4) is 0 Å². The van der Waals surface area contributed by atoms with E-state index in [1.54, 1.807) is 17.0 Å². The average molecular weight is 342 g/mol. The van der Waals surface area contributed by atoms with Crippen LogP contribution in [0.25, 0.3) is 10.8 Å². The van der Waals surface area contributed by atoms with Crippen LogP contribution >= 0.6 is 0 Å². The summed E-state index contributed by atoms with van der Waals surface area (Å²) in [5.74, 6) is -0.819. The van der Waals surface area contributed by atoms with Crippen LogP contribution < -0.4 is 5.73 Å². The first-order valence-corrected chi connectivity index (χ1v) is 8.32. The Morgan fingerprint density at radius 3 is 2.40 bits per heavy atom. The Morgan fingerprint density at radius 1 is 1.16 bits per heavy atom. The molecule has 1 aliphatic rings. The average Bonchev–Trinajstić information content (AvgIpc) is 2.57. The first kappa shape index (κ1) is 17.2. The molecule has 2 unspecified atom stereocenters. The maximum Gasteiger partial charge on any atom is 0.340 e. The monoisotopic (exact) mass is 342 g/mol. The summed E-state index contributed by atoms with van der Waals surface area (Å²) in [5.41, 5.74) is 6.57. The van der Waals surface area contributed by atoms with Crippen molar-refractivity contribution in [2.24, 2.45) is 0 Å². The molecular formula is C19H22N2O4. The SMILES string of the molecule is CC1CN(C(=O)COC(=O)c2cc3ccccc3cc2N)CC(C)O1. The number of amides is 1. The lowest BCUT2D eigenvalue weighted by molar-refractivity contribution is -0.146. The molecule has 0 bridgehead atoms. The van der Waals surface area contributed by atoms with Gasteiger partial charge in [-0.05, 0) is 36.8 Å². The molecule has 132 valence electrons. The summed E-state index contributed by atoms with van der Waals surface area (Å²) < 4.78 is 10.8. The fourth-order valence-corrected chi connectivity index (χ4v) is 3.11. The number of morpholine rings is 1. The summed E-state index contributed by atoms with van der Waals surface area (Å²) in [6, 6.07) is 11.0. The van der Waals surface area contributed by atoms with E-state index in [9.17, 15) is 9.59 Å². The van der Waals surface area contributed by atoms with Crippen molar-refractivity contribution in [3.63, 3.8) is 0 Å². The predicted molar refractivity (Wildman–Crippen MR) is 95.2 cm³/mol. The zero-order valence-corrected chi connectivity index (χ0v) is 14.4. The number of nitrogen functional groups attached to an aromatic ring is 1. The second kappa shape index (κ2) is 7.11. The Morgan fingerprint density at radius 2 is 1.76 bits per heavy atom. The molecule has 0 aliphatic carbocycles. The summed E-state index contributed by atoms with van der Waals surface area (Å²) >= 11 is 0. The molecule has 6 heteroatoms. The van der Waals surface area contributed by atoms with Crippen molar-refractivity contribution in [1.29, 1.82) is 0 Å². The van der Waals surface area contributed by atoms with Crippen LogP contribution in [0.15, 0.2) is 36.4 Å². The topological polar surface area (TPSA) is 81.9 Å². The highest BCUT2D eigenvalue weighted by Gasteiger charge is 2.26. The van der Waals surface area contributed by atoms with Gasteiger partial charge in [0.1, 0.15) is 0 Å². The normalized spacial score (nSPS) is 20.5. The van der Waals surface area contributed by atoms with Crippen LogP contribution in [0, 0.1) is 0 Å². The molecule has 1 fully saturated rings. The van der Waals surface area contributed by atoms with E-state index in [1.807, 2.05) is 38.1 Å². The number of nitrogens with two attached hydrogens (primary N) is 1. The molecule has 3 rings (SSSR count). The lowest BCUT2D eigenvalue weighted by Gasteiger charge is -2.35. The largest absolute Gasteiger partial charge is 0.452 e. The third-order valence-electron chi connectivity index (χ3n) is 4.24. The second-order valence-corrected chi connectivity index (χ2v) is 6.42. The minimum Gasteiger partial charge on any atom is -0.452 e. The summed E-state index contributed by atoms with van der Waals surface area (Å²) in [5, 5.41) is 1.84. The number of hydrogen-bond donors (Lipinski definition) is 1. The molecule has 0 radical (unpaired) electrons. The zero-order valence-electron chi connectivity index (χ0n) is 14.4. The maximum atomic E-state index is 12.3. The highest BCUT2D eigenvalue weighted by molar-refractivity contribution is 6.01. The van der Waals surface area contributed by atoms with E-state index in [0.717, 1.165) is 10.8 Å². The smallest absolute Gasteiger partial charge is 0.340 e. The number of carbonyl (C=O) groups excluding carboxylic acids is 2. The van der Waals surface area contributed by atoms with Crippen LogP contribution in [0.1, 0.15) is 24.2 Å². The van der Waals surface area contributed by atoms with E-state index in [1.165, 1.54) is 0 Å². The fourth-order valence-electron chi connectivity index (χ4n) is 3.11. The van der Waals surface area contributed by atoms with Gasteiger partial charge in [-0.15, -0.1) is 0 Å². The van der Waals surface area contributed by atoms with Crippen LogP contribution in [0.2, 0.25) is 0 Å². The van der Waals surface area contributed by atoms with Crippen molar-refractivity contribution < 1.29 is 19.1 Å². The van der Waals surface area contributed by atoms with Gasteiger partial charge in [0.2, 0.25) is 0 Å². The molecule has 2 aromatic carbocycles. The molecule has 2 N–H and O–H groups in total. The van der Waals surface area contributed by atoms with Gasteiger partial charge in [0.15, 0.2) is 6.61 Å². The molecule has 0 spiro atoms. The number of nitrogens with zero attached hydrogens (tertiary/aromatic N) is 1. The van der Waals surface area contributed by atoms with E-state index in [2.05, 4.69) is 0 Å². The maximum absolute atomic E-state index is 12.3. The van der Waals surface area contributed by atoms with Crippen molar-refractivity contribution in [1.82, 2.24) is 4.90 Å². The molecule has 2 aromatic rings. The third-order valence-corrected chi connectivity index (χ3v) is 4.24. The molecule has 1 saturated heterocycles. The lowest BCUT2D eigenvalue weighted by atomic mass is 10.1. The number of hydrogen-bond acceptors (Lipinski definition) is 5. The molecule has 2 atom stereocenters. The number of anilines is 1. The van der Waals surface area contributed by atoms with Gasteiger partial charge in [-0.25, -0.2) is 4.79 Å². The van der Waals surface area contributed by atoms with Gasteiger partial charge >= 0.3 is 5.97 Å². The zero-order chi connectivity index (χ0) is 18.0. The highest BCUT2D eigenvalue weighted by atomic mass is 16.5. The number of rotatable bonds is 3. The highest BCUT2D eigenvalue weighted by Crippen LogP contribution is 2.22. The minimum atomic E-state index is -0.592. The van der Waals surface area contributed by atoms with Gasteiger partial charge in [0, 0.05) is 18.8 Å². The number of benzene rings is 2. The fraction of sp³-hybridized carbons (Fsp3) is 0.368. The number of carbonyl (C=O) groups is 2. The Kier molecular flexibility index (Phi) is 4.90. The van der Waals surface area contributed by atoms with E-state index in [-0.39, 0.29) is 30.3 Å². The number of esters is 1. The third kappa shape index (κ3) is 3.91. The van der Waals surface area contributed by atoms with E-state index >= 15 is 0 Å². The van der Waals surface area contributed by atoms with Gasteiger partial charge in [0.25, 0.3) is 5.91 Å². The Balaban J connectivity index is 1.66. The van der Waals surface area contributed by atoms with Crippen molar-refractivity contribution in [2.45, 2.75) is 26.1 Å². The Labute approximate surface area is 146 Å². The first-order valence-electron chi connectivity index (χ1n) is 8.32. The van der Waals surface area contributed by atoms with E-state index < -0.39 is 5.97 Å². The van der Waals surface area contributed by atoms with Gasteiger partial charge < -0.3 is 20.1 Å². The Bertz CT molecular complexity index is 795. The second-order valence-electron chi connectivity index (χ2n) is 6.42. The Hall–Kier alpha value is -2.60. The molecule has 6 nitrogen and oxygen atoms in total. The van der Waals surface area contributed by atoms with Crippen LogP contribution in [-0.4, -0.2) is 48.7 Å². The summed E-state index contributed by atoms with van der Waals surface area (Å²) in [4.78, 5) is 26.3. The van der Waals surface area contributed by atoms with E-state index in [4.69, 9.17) is 15.2 Å². The summed E-state index contributed by atoms with van der Waals surface area (Å²) in [6.07, 6.45) is -0.0564. The summed E-state index contributed by atoms with van der Waals surface area (Å²) in [6.45, 7) is 4.53. The molecule has 1 aliphatic heterocycles. The first-order chi connectivity index (χ1) is 11.9. The van der Waals surface area contributed by atoms with Gasteiger partial charge in [-0.1, -0.05) is 24.3 Å². The van der Waals surface area contributed by atoms with Crippen molar-refractivity contribution in [3.8, 4) is 0 Å². The van der Waals surface area contributed by atoms with Crippen molar-refractivity contribution in [3.05, 3.63) is 42.0 Å². The van der Waals surface area contributed by atoms with E-state index in [0.29, 0.717) is 18.8 Å². The van der Waals surface area contributed by atoms with Crippen molar-refractivity contribution in [2.75, 3.05) is 25.4 Å². The van der Waals surface area contributed by atoms with Crippen LogP contribution in [0.5, 0.6) is 0 Å².